The molecule has 1 N–H and O–H groups in total. The molecule has 0 aliphatic rings. The van der Waals surface area contributed by atoms with Gasteiger partial charge in [-0.3, -0.25) is 4.98 Å². The number of nitrogens with zero attached hydrogens (tertiary/aromatic N) is 3. The Labute approximate surface area is 139 Å². The molecule has 0 aromatic carbocycles. The van der Waals surface area contributed by atoms with Crippen molar-refractivity contribution in [1.29, 1.82) is 0 Å². The average molecular weight is 476 g/mol. The zero-order valence-corrected chi connectivity index (χ0v) is 13.6. The predicted octanol–water partition coefficient (Wildman–Crippen LogP) is 2.62. The Morgan fingerprint density at radius 2 is 1.68 bits per heavy atom. The Morgan fingerprint density at radius 3 is 2.09 bits per heavy atom. The topological polar surface area (TPSA) is 77.2 Å². The van der Waals surface area contributed by atoms with Gasteiger partial charge in [-0.2, -0.15) is 0 Å². The molecule has 0 aliphatic carbocycles. The third kappa shape index (κ3) is 5.20. The van der Waals surface area contributed by atoms with E-state index in [4.69, 9.17) is 5.11 Å². The van der Waals surface area contributed by atoms with Crippen LogP contribution in [0.2, 0.25) is 0 Å². The number of aromatic nitrogens is 3. The van der Waals surface area contributed by atoms with Crippen molar-refractivity contribution in [2.75, 3.05) is 0 Å². The van der Waals surface area contributed by atoms with Crippen molar-refractivity contribution in [3.63, 3.8) is 0 Å². The van der Waals surface area contributed by atoms with Crippen LogP contribution in [0.15, 0.2) is 60.9 Å². The summed E-state index contributed by atoms with van der Waals surface area (Å²) in [5.41, 5.74) is 1.35. The maximum Gasteiger partial charge on any atom is 0.354 e. The van der Waals surface area contributed by atoms with E-state index >= 15 is 0 Å². The van der Waals surface area contributed by atoms with E-state index in [1.165, 1.54) is 18.3 Å². The molecule has 0 spiro atoms. The van der Waals surface area contributed by atoms with Crippen molar-refractivity contribution in [1.82, 2.24) is 15.0 Å². The number of halogens is 1. The van der Waals surface area contributed by atoms with Gasteiger partial charge in [0.2, 0.25) is 0 Å². The Kier molecular flexibility index (Phi) is 7.08. The summed E-state index contributed by atoms with van der Waals surface area (Å²) >= 11 is 0. The second-order valence-corrected chi connectivity index (χ2v) is 3.89. The maximum absolute atomic E-state index is 12.5. The summed E-state index contributed by atoms with van der Waals surface area (Å²) in [6.07, 6.45) is 3.10. The minimum Gasteiger partial charge on any atom is -0.632 e. The molecule has 0 amide bonds. The molecule has 3 aromatic rings. The number of rotatable bonds is 2. The molecule has 0 saturated carbocycles. The number of hydrogen-bond donors (Lipinski definition) is 1. The first-order valence-electron chi connectivity index (χ1n) is 6.02. The number of hydrogen-bond acceptors (Lipinski definition) is 3. The minimum absolute atomic E-state index is 0. The van der Waals surface area contributed by atoms with Crippen molar-refractivity contribution >= 4 is 5.97 Å². The molecule has 3 rings (SSSR count). The van der Waals surface area contributed by atoms with Crippen LogP contribution in [0.3, 0.4) is 0 Å². The second-order valence-electron chi connectivity index (χ2n) is 3.89. The number of carboxylic acids is 1. The van der Waals surface area contributed by atoms with Crippen LogP contribution >= 0.6 is 0 Å². The molecule has 115 valence electrons. The number of aromatic carboxylic acids is 1. The zero-order chi connectivity index (χ0) is 15.1. The monoisotopic (exact) mass is 477 g/mol. The van der Waals surface area contributed by atoms with E-state index in [2.05, 4.69) is 15.0 Å². The molecule has 3 aromatic heterocycles. The van der Waals surface area contributed by atoms with Crippen LogP contribution in [0.4, 0.5) is 4.39 Å². The van der Waals surface area contributed by atoms with E-state index in [0.717, 1.165) is 0 Å². The van der Waals surface area contributed by atoms with Gasteiger partial charge in [-0.1, -0.05) is 18.2 Å². The van der Waals surface area contributed by atoms with Crippen LogP contribution in [0, 0.1) is 5.95 Å². The van der Waals surface area contributed by atoms with E-state index in [1.54, 1.807) is 30.5 Å². The van der Waals surface area contributed by atoms with Gasteiger partial charge in [-0.05, 0) is 30.3 Å². The standard InChI is InChI=1S/C9H6FN2.C6H5NO2.Ir/c10-9-5-4-8(12-9)7-3-1-2-6-11-7;8-6(9)5-3-1-2-4-7-5;/h1-6H;1-4H,(H,8,9);/q-1;;. The van der Waals surface area contributed by atoms with Gasteiger partial charge >= 0.3 is 5.97 Å². The van der Waals surface area contributed by atoms with Gasteiger partial charge in [0.1, 0.15) is 5.69 Å². The van der Waals surface area contributed by atoms with Crippen molar-refractivity contribution in [2.24, 2.45) is 0 Å². The maximum atomic E-state index is 12.5. The summed E-state index contributed by atoms with van der Waals surface area (Å²) < 4.78 is 12.5. The quantitative estimate of drug-likeness (QED) is 0.616. The Bertz CT molecular complexity index is 705. The zero-order valence-electron chi connectivity index (χ0n) is 11.2. The van der Waals surface area contributed by atoms with Crippen LogP contribution in [0.25, 0.3) is 11.4 Å². The molecular formula is C15H11FIrN3O2-. The molecule has 0 saturated heterocycles. The molecule has 0 aliphatic heterocycles. The normalized spacial score (nSPS) is 9.14. The van der Waals surface area contributed by atoms with E-state index in [9.17, 15) is 9.18 Å². The fraction of sp³-hybridized carbons (Fsp3) is 0. The third-order valence-electron chi connectivity index (χ3n) is 2.42. The SMILES string of the molecule is Fc1ccc(-c2ccccn2)[n-]1.O=C(O)c1ccccn1.[Ir]. The largest absolute Gasteiger partial charge is 0.632 e. The Hall–Kier alpha value is -2.37. The fourth-order valence-corrected chi connectivity index (χ4v) is 1.48. The van der Waals surface area contributed by atoms with Gasteiger partial charge in [-0.25, -0.2) is 14.2 Å². The van der Waals surface area contributed by atoms with Crippen LogP contribution < -0.4 is 4.98 Å². The van der Waals surface area contributed by atoms with Crippen LogP contribution in [0.1, 0.15) is 10.5 Å². The molecule has 7 heteroatoms. The van der Waals surface area contributed by atoms with Crippen molar-refractivity contribution < 1.29 is 34.4 Å². The van der Waals surface area contributed by atoms with Crippen LogP contribution in [-0.2, 0) is 20.1 Å². The first kappa shape index (κ1) is 17.7. The van der Waals surface area contributed by atoms with Crippen LogP contribution in [0.5, 0.6) is 0 Å². The summed E-state index contributed by atoms with van der Waals surface area (Å²) in [4.78, 5) is 21.4. The molecule has 22 heavy (non-hydrogen) atoms. The third-order valence-corrected chi connectivity index (χ3v) is 2.42. The minimum atomic E-state index is -0.990. The van der Waals surface area contributed by atoms with Gasteiger partial charge in [0, 0.05) is 44.1 Å². The first-order valence-corrected chi connectivity index (χ1v) is 6.02. The predicted molar refractivity (Wildman–Crippen MR) is 74.1 cm³/mol. The smallest absolute Gasteiger partial charge is 0.354 e. The van der Waals surface area contributed by atoms with Gasteiger partial charge in [0.15, 0.2) is 0 Å². The molecular weight excluding hydrogens is 465 g/mol. The molecule has 5 nitrogen and oxygen atoms in total. The summed E-state index contributed by atoms with van der Waals surface area (Å²) in [6, 6.07) is 13.1. The van der Waals surface area contributed by atoms with Gasteiger partial charge < -0.3 is 10.1 Å². The van der Waals surface area contributed by atoms with Gasteiger partial charge in [-0.15, -0.1) is 5.69 Å². The van der Waals surface area contributed by atoms with E-state index in [0.29, 0.717) is 11.4 Å². The van der Waals surface area contributed by atoms with Gasteiger partial charge in [0.25, 0.3) is 0 Å². The molecule has 1 radical (unpaired) electrons. The summed E-state index contributed by atoms with van der Waals surface area (Å²) in [7, 11) is 0. The van der Waals surface area contributed by atoms with Crippen molar-refractivity contribution in [2.45, 2.75) is 0 Å². The number of carboxylic acid groups (broad SMARTS) is 1. The molecule has 0 unspecified atom stereocenters. The van der Waals surface area contributed by atoms with E-state index in [1.807, 2.05) is 12.1 Å². The molecule has 3 heterocycles. The van der Waals surface area contributed by atoms with E-state index in [-0.39, 0.29) is 25.8 Å². The fourth-order valence-electron chi connectivity index (χ4n) is 1.48. The summed E-state index contributed by atoms with van der Waals surface area (Å²) in [5, 5.41) is 8.32. The van der Waals surface area contributed by atoms with Crippen LogP contribution in [-0.4, -0.2) is 21.0 Å². The second kappa shape index (κ2) is 8.81. The molecule has 0 bridgehead atoms. The van der Waals surface area contributed by atoms with Gasteiger partial charge in [0.05, 0.1) is 0 Å². The average Bonchev–Trinajstić information content (AvgIpc) is 2.96. The summed E-state index contributed by atoms with van der Waals surface area (Å²) in [6.45, 7) is 0. The summed E-state index contributed by atoms with van der Waals surface area (Å²) in [5.74, 6) is -1.45. The Balaban J connectivity index is 0.000000219. The first-order chi connectivity index (χ1) is 10.2. The van der Waals surface area contributed by atoms with E-state index < -0.39 is 11.9 Å². The van der Waals surface area contributed by atoms with Crippen molar-refractivity contribution in [3.8, 4) is 11.4 Å². The molecule has 0 fully saturated rings. The Morgan fingerprint density at radius 1 is 1.00 bits per heavy atom. The number of pyridine rings is 2. The van der Waals surface area contributed by atoms with Crippen molar-refractivity contribution in [3.05, 3.63) is 72.6 Å². The number of carbonyl (C=O) groups is 1. The molecule has 0 atom stereocenters.